The number of carbonyl (C=O) groups is 2. The minimum absolute atomic E-state index is 0.00347. The summed E-state index contributed by atoms with van der Waals surface area (Å²) in [5, 5.41) is 0. The third-order valence-electron chi connectivity index (χ3n) is 3.32. The second-order valence-electron chi connectivity index (χ2n) is 4.78. The van der Waals surface area contributed by atoms with Crippen LogP contribution in [0.2, 0.25) is 0 Å². The normalized spacial score (nSPS) is 18.1. The first-order valence-electron chi connectivity index (χ1n) is 6.51. The SMILES string of the molecule is NC(=O)C1CCN(C(=O)CCOc2cccc(Br)c2)C1. The zero-order valence-corrected chi connectivity index (χ0v) is 12.6. The molecule has 1 aliphatic rings. The van der Waals surface area contributed by atoms with Crippen molar-refractivity contribution in [3.63, 3.8) is 0 Å². The lowest BCUT2D eigenvalue weighted by Crippen LogP contribution is -2.32. The maximum absolute atomic E-state index is 12.0. The van der Waals surface area contributed by atoms with Crippen molar-refractivity contribution in [2.75, 3.05) is 19.7 Å². The molecule has 0 spiro atoms. The number of hydrogen-bond acceptors (Lipinski definition) is 3. The molecule has 2 amide bonds. The lowest BCUT2D eigenvalue weighted by atomic mass is 10.1. The number of nitrogens with zero attached hydrogens (tertiary/aromatic N) is 1. The van der Waals surface area contributed by atoms with Gasteiger partial charge in [0.25, 0.3) is 0 Å². The third kappa shape index (κ3) is 3.96. The van der Waals surface area contributed by atoms with Gasteiger partial charge in [0.05, 0.1) is 18.9 Å². The van der Waals surface area contributed by atoms with Crippen LogP contribution in [0.25, 0.3) is 0 Å². The zero-order chi connectivity index (χ0) is 14.5. The first-order valence-corrected chi connectivity index (χ1v) is 7.31. The van der Waals surface area contributed by atoms with E-state index in [4.69, 9.17) is 10.5 Å². The number of nitrogens with two attached hydrogens (primary N) is 1. The highest BCUT2D eigenvalue weighted by Crippen LogP contribution is 2.19. The van der Waals surface area contributed by atoms with Gasteiger partial charge in [-0.1, -0.05) is 22.0 Å². The number of primary amides is 1. The van der Waals surface area contributed by atoms with Crippen LogP contribution in [0.5, 0.6) is 5.75 Å². The van der Waals surface area contributed by atoms with E-state index in [1.54, 1.807) is 4.90 Å². The number of ether oxygens (including phenoxy) is 1. The lowest BCUT2D eigenvalue weighted by molar-refractivity contribution is -0.131. The zero-order valence-electron chi connectivity index (χ0n) is 11.0. The van der Waals surface area contributed by atoms with E-state index in [0.717, 1.165) is 10.2 Å². The molecule has 0 aliphatic carbocycles. The average Bonchev–Trinajstić information content (AvgIpc) is 2.88. The van der Waals surface area contributed by atoms with Crippen molar-refractivity contribution in [3.05, 3.63) is 28.7 Å². The summed E-state index contributed by atoms with van der Waals surface area (Å²) in [5.41, 5.74) is 5.24. The average molecular weight is 341 g/mol. The first kappa shape index (κ1) is 14.8. The fraction of sp³-hybridized carbons (Fsp3) is 0.429. The Morgan fingerprint density at radius 1 is 1.45 bits per heavy atom. The Morgan fingerprint density at radius 2 is 2.25 bits per heavy atom. The van der Waals surface area contributed by atoms with Crippen molar-refractivity contribution in [1.29, 1.82) is 0 Å². The molecule has 20 heavy (non-hydrogen) atoms. The van der Waals surface area contributed by atoms with E-state index in [-0.39, 0.29) is 17.7 Å². The molecule has 1 aromatic carbocycles. The Bertz CT molecular complexity index is 507. The van der Waals surface area contributed by atoms with Gasteiger partial charge in [-0.3, -0.25) is 9.59 Å². The van der Waals surface area contributed by atoms with Crippen LogP contribution >= 0.6 is 15.9 Å². The molecule has 1 unspecified atom stereocenters. The topological polar surface area (TPSA) is 72.6 Å². The van der Waals surface area contributed by atoms with Gasteiger partial charge in [-0.2, -0.15) is 0 Å². The van der Waals surface area contributed by atoms with E-state index in [2.05, 4.69) is 15.9 Å². The van der Waals surface area contributed by atoms with Gasteiger partial charge < -0.3 is 15.4 Å². The summed E-state index contributed by atoms with van der Waals surface area (Å²) < 4.78 is 6.46. The molecular formula is C14H17BrN2O3. The molecule has 2 rings (SSSR count). The smallest absolute Gasteiger partial charge is 0.226 e. The van der Waals surface area contributed by atoms with Crippen molar-refractivity contribution < 1.29 is 14.3 Å². The Hall–Kier alpha value is -1.56. The number of amides is 2. The molecular weight excluding hydrogens is 324 g/mol. The number of benzene rings is 1. The molecule has 108 valence electrons. The van der Waals surface area contributed by atoms with Crippen LogP contribution in [-0.2, 0) is 9.59 Å². The Kier molecular flexibility index (Phi) is 5.00. The van der Waals surface area contributed by atoms with Gasteiger partial charge >= 0.3 is 0 Å². The number of hydrogen-bond donors (Lipinski definition) is 1. The summed E-state index contributed by atoms with van der Waals surface area (Å²) >= 11 is 3.36. The largest absolute Gasteiger partial charge is 0.493 e. The fourth-order valence-corrected chi connectivity index (χ4v) is 2.57. The van der Waals surface area contributed by atoms with E-state index >= 15 is 0 Å². The van der Waals surface area contributed by atoms with Crippen LogP contribution < -0.4 is 10.5 Å². The third-order valence-corrected chi connectivity index (χ3v) is 3.82. The fourth-order valence-electron chi connectivity index (χ4n) is 2.19. The molecule has 1 fully saturated rings. The maximum Gasteiger partial charge on any atom is 0.226 e. The summed E-state index contributed by atoms with van der Waals surface area (Å²) in [6.07, 6.45) is 0.964. The minimum Gasteiger partial charge on any atom is -0.493 e. The van der Waals surface area contributed by atoms with Gasteiger partial charge in [0.15, 0.2) is 0 Å². The van der Waals surface area contributed by atoms with Gasteiger partial charge in [-0.15, -0.1) is 0 Å². The van der Waals surface area contributed by atoms with Crippen LogP contribution in [0.15, 0.2) is 28.7 Å². The molecule has 1 aliphatic heterocycles. The van der Waals surface area contributed by atoms with E-state index in [1.165, 1.54) is 0 Å². The molecule has 0 saturated carbocycles. The Labute approximate surface area is 126 Å². The molecule has 0 radical (unpaired) electrons. The lowest BCUT2D eigenvalue weighted by Gasteiger charge is -2.16. The van der Waals surface area contributed by atoms with E-state index in [0.29, 0.717) is 32.5 Å². The van der Waals surface area contributed by atoms with Crippen molar-refractivity contribution in [2.45, 2.75) is 12.8 Å². The molecule has 0 aromatic heterocycles. The van der Waals surface area contributed by atoms with Crippen molar-refractivity contribution >= 4 is 27.7 Å². The second-order valence-corrected chi connectivity index (χ2v) is 5.70. The molecule has 1 heterocycles. The summed E-state index contributed by atoms with van der Waals surface area (Å²) in [4.78, 5) is 24.7. The van der Waals surface area contributed by atoms with Crippen LogP contribution in [0.1, 0.15) is 12.8 Å². The molecule has 1 aromatic rings. The predicted octanol–water partition coefficient (Wildman–Crippen LogP) is 1.55. The highest BCUT2D eigenvalue weighted by molar-refractivity contribution is 9.10. The molecule has 0 bridgehead atoms. The highest BCUT2D eigenvalue weighted by atomic mass is 79.9. The monoisotopic (exact) mass is 340 g/mol. The van der Waals surface area contributed by atoms with Crippen LogP contribution in [-0.4, -0.2) is 36.4 Å². The first-order chi connectivity index (χ1) is 9.56. The van der Waals surface area contributed by atoms with Crippen LogP contribution in [0.3, 0.4) is 0 Å². The van der Waals surface area contributed by atoms with Gasteiger partial charge in [0.1, 0.15) is 5.75 Å². The Balaban J connectivity index is 1.75. The predicted molar refractivity (Wildman–Crippen MR) is 78.1 cm³/mol. The van der Waals surface area contributed by atoms with Gasteiger partial charge in [0.2, 0.25) is 11.8 Å². The van der Waals surface area contributed by atoms with E-state index in [9.17, 15) is 9.59 Å². The van der Waals surface area contributed by atoms with Crippen LogP contribution in [0, 0.1) is 5.92 Å². The summed E-state index contributed by atoms with van der Waals surface area (Å²) in [6, 6.07) is 7.48. The summed E-state index contributed by atoms with van der Waals surface area (Å²) in [5.74, 6) is 0.197. The number of likely N-dealkylation sites (tertiary alicyclic amines) is 1. The number of rotatable bonds is 5. The quantitative estimate of drug-likeness (QED) is 0.883. The Morgan fingerprint density at radius 3 is 2.90 bits per heavy atom. The summed E-state index contributed by atoms with van der Waals surface area (Å²) in [7, 11) is 0. The highest BCUT2D eigenvalue weighted by Gasteiger charge is 2.29. The molecule has 2 N–H and O–H groups in total. The van der Waals surface area contributed by atoms with Crippen molar-refractivity contribution in [2.24, 2.45) is 11.7 Å². The molecule has 6 heteroatoms. The van der Waals surface area contributed by atoms with Gasteiger partial charge in [-0.25, -0.2) is 0 Å². The minimum atomic E-state index is -0.328. The molecule has 1 saturated heterocycles. The van der Waals surface area contributed by atoms with E-state index < -0.39 is 0 Å². The van der Waals surface area contributed by atoms with E-state index in [1.807, 2.05) is 24.3 Å². The standard InChI is InChI=1S/C14H17BrN2O3/c15-11-2-1-3-12(8-11)20-7-5-13(18)17-6-4-10(9-17)14(16)19/h1-3,8,10H,4-7,9H2,(H2,16,19). The molecule has 5 nitrogen and oxygen atoms in total. The number of halogens is 1. The maximum atomic E-state index is 12.0. The second kappa shape index (κ2) is 6.74. The molecule has 1 atom stereocenters. The van der Waals surface area contributed by atoms with Crippen LogP contribution in [0.4, 0.5) is 0 Å². The number of carbonyl (C=O) groups excluding carboxylic acids is 2. The van der Waals surface area contributed by atoms with Gasteiger partial charge in [-0.05, 0) is 24.6 Å². The van der Waals surface area contributed by atoms with Crippen molar-refractivity contribution in [1.82, 2.24) is 4.90 Å². The van der Waals surface area contributed by atoms with Gasteiger partial charge in [0, 0.05) is 17.6 Å². The van der Waals surface area contributed by atoms with Crippen molar-refractivity contribution in [3.8, 4) is 5.75 Å². The summed E-state index contributed by atoms with van der Waals surface area (Å²) in [6.45, 7) is 1.36.